The molecule has 5 rings (SSSR count). The Hall–Kier alpha value is -4.17. The van der Waals surface area contributed by atoms with Crippen molar-refractivity contribution in [3.05, 3.63) is 83.7 Å². The fourth-order valence-corrected chi connectivity index (χ4v) is 5.58. The van der Waals surface area contributed by atoms with Gasteiger partial charge in [0.25, 0.3) is 0 Å². The molecule has 0 radical (unpaired) electrons. The van der Waals surface area contributed by atoms with E-state index in [9.17, 15) is 4.79 Å². The standard InChI is InChI=1S/C35H43N5O3/c1-24-10-12-27(13-11-24)32-33(30-8-7-9-31(38-30)42-29-21-25(2)20-26(3)22-29)40(23-37-32)28-14-17-39(18-15-28)19-16-36-34(41)43-35(4,5)6/h7-13,20-23,28H,14-19H2,1-6H3,(H,36,41). The fraction of sp³-hybridized carbons (Fsp3) is 0.400. The molecule has 1 N–H and O–H groups in total. The van der Waals surface area contributed by atoms with Gasteiger partial charge in [0, 0.05) is 43.9 Å². The van der Waals surface area contributed by atoms with Crippen molar-refractivity contribution in [3.63, 3.8) is 0 Å². The van der Waals surface area contributed by atoms with Crippen LogP contribution < -0.4 is 10.1 Å². The zero-order valence-corrected chi connectivity index (χ0v) is 26.2. The lowest BCUT2D eigenvalue weighted by Gasteiger charge is -2.33. The Labute approximate surface area is 255 Å². The average Bonchev–Trinajstić information content (AvgIpc) is 3.38. The lowest BCUT2D eigenvalue weighted by Crippen LogP contribution is -2.41. The van der Waals surface area contributed by atoms with Crippen LogP contribution in [0.25, 0.3) is 22.6 Å². The molecule has 1 aliphatic rings. The minimum atomic E-state index is -0.498. The predicted octanol–water partition coefficient (Wildman–Crippen LogP) is 7.49. The maximum atomic E-state index is 12.0. The molecule has 1 saturated heterocycles. The summed E-state index contributed by atoms with van der Waals surface area (Å²) in [7, 11) is 0. The highest BCUT2D eigenvalue weighted by molar-refractivity contribution is 5.77. The van der Waals surface area contributed by atoms with Crippen LogP contribution >= 0.6 is 0 Å². The van der Waals surface area contributed by atoms with Crippen LogP contribution in [0.4, 0.5) is 4.79 Å². The van der Waals surface area contributed by atoms with Gasteiger partial charge in [-0.3, -0.25) is 0 Å². The molecule has 8 nitrogen and oxygen atoms in total. The molecule has 0 bridgehead atoms. The number of piperidine rings is 1. The van der Waals surface area contributed by atoms with Crippen molar-refractivity contribution in [3.8, 4) is 34.3 Å². The van der Waals surface area contributed by atoms with Crippen LogP contribution in [0.1, 0.15) is 56.3 Å². The van der Waals surface area contributed by atoms with E-state index >= 15 is 0 Å². The van der Waals surface area contributed by atoms with Gasteiger partial charge < -0.3 is 24.3 Å². The minimum absolute atomic E-state index is 0.280. The summed E-state index contributed by atoms with van der Waals surface area (Å²) in [6.07, 6.45) is 3.54. The first kappa shape index (κ1) is 30.3. The number of rotatable bonds is 8. The highest BCUT2D eigenvalue weighted by atomic mass is 16.6. The minimum Gasteiger partial charge on any atom is -0.444 e. The second-order valence-electron chi connectivity index (χ2n) is 12.5. The Kier molecular flexibility index (Phi) is 9.16. The lowest BCUT2D eigenvalue weighted by atomic mass is 10.0. The third-order valence-electron chi connectivity index (χ3n) is 7.55. The molecule has 0 unspecified atom stereocenters. The molecular weight excluding hydrogens is 538 g/mol. The van der Waals surface area contributed by atoms with Gasteiger partial charge in [-0.25, -0.2) is 14.8 Å². The van der Waals surface area contributed by atoms with Crippen LogP contribution in [0, 0.1) is 20.8 Å². The van der Waals surface area contributed by atoms with E-state index in [1.165, 1.54) is 5.56 Å². The molecule has 0 saturated carbocycles. The highest BCUT2D eigenvalue weighted by Gasteiger charge is 2.26. The zero-order chi connectivity index (χ0) is 30.6. The number of imidazole rings is 1. The van der Waals surface area contributed by atoms with Gasteiger partial charge in [-0.2, -0.15) is 0 Å². The molecule has 1 fully saturated rings. The molecule has 0 spiro atoms. The SMILES string of the molecule is Cc1ccc(-c2ncn(C3CCN(CCNC(=O)OC(C)(C)C)CC3)c2-c2cccc(Oc3cc(C)cc(C)c3)n2)cc1. The Morgan fingerprint density at radius 1 is 0.953 bits per heavy atom. The number of hydrogen-bond donors (Lipinski definition) is 1. The lowest BCUT2D eigenvalue weighted by molar-refractivity contribution is 0.0519. The fourth-order valence-electron chi connectivity index (χ4n) is 5.58. The van der Waals surface area contributed by atoms with Gasteiger partial charge >= 0.3 is 6.09 Å². The van der Waals surface area contributed by atoms with Crippen LogP contribution in [0.3, 0.4) is 0 Å². The number of likely N-dealkylation sites (tertiary alicyclic amines) is 1. The van der Waals surface area contributed by atoms with Crippen molar-refractivity contribution in [2.75, 3.05) is 26.2 Å². The summed E-state index contributed by atoms with van der Waals surface area (Å²) in [5, 5.41) is 2.88. The Morgan fingerprint density at radius 2 is 1.65 bits per heavy atom. The van der Waals surface area contributed by atoms with Crippen molar-refractivity contribution in [1.82, 2.24) is 24.8 Å². The van der Waals surface area contributed by atoms with Gasteiger partial charge in [0.15, 0.2) is 0 Å². The summed E-state index contributed by atoms with van der Waals surface area (Å²) < 4.78 is 13.9. The number of carbonyl (C=O) groups is 1. The van der Waals surface area contributed by atoms with E-state index in [-0.39, 0.29) is 12.1 Å². The largest absolute Gasteiger partial charge is 0.444 e. The number of ether oxygens (including phenoxy) is 2. The van der Waals surface area contributed by atoms with Crippen molar-refractivity contribution in [2.45, 2.75) is 66.0 Å². The van der Waals surface area contributed by atoms with Gasteiger partial charge in [0.05, 0.1) is 23.4 Å². The van der Waals surface area contributed by atoms with Crippen LogP contribution in [-0.4, -0.2) is 57.3 Å². The highest BCUT2D eigenvalue weighted by Crippen LogP contribution is 2.36. The molecule has 3 heterocycles. The molecule has 1 aliphatic heterocycles. The van der Waals surface area contributed by atoms with E-state index in [2.05, 4.69) is 65.9 Å². The number of amides is 1. The number of alkyl carbamates (subject to hydrolysis) is 1. The number of benzene rings is 2. The van der Waals surface area contributed by atoms with Crippen LogP contribution in [0.15, 0.2) is 67.0 Å². The van der Waals surface area contributed by atoms with Gasteiger partial charge in [0.1, 0.15) is 11.4 Å². The van der Waals surface area contributed by atoms with Crippen molar-refractivity contribution < 1.29 is 14.3 Å². The van der Waals surface area contributed by atoms with E-state index in [1.54, 1.807) is 0 Å². The van der Waals surface area contributed by atoms with E-state index in [0.29, 0.717) is 12.4 Å². The van der Waals surface area contributed by atoms with Crippen molar-refractivity contribution >= 4 is 6.09 Å². The smallest absolute Gasteiger partial charge is 0.407 e. The second kappa shape index (κ2) is 13.0. The topological polar surface area (TPSA) is 81.5 Å². The first-order chi connectivity index (χ1) is 20.5. The molecule has 4 aromatic rings. The number of aryl methyl sites for hydroxylation is 3. The molecule has 43 heavy (non-hydrogen) atoms. The maximum absolute atomic E-state index is 12.0. The van der Waals surface area contributed by atoms with E-state index < -0.39 is 5.60 Å². The summed E-state index contributed by atoms with van der Waals surface area (Å²) in [6.45, 7) is 15.1. The zero-order valence-electron chi connectivity index (χ0n) is 26.2. The third-order valence-corrected chi connectivity index (χ3v) is 7.55. The number of pyridine rings is 1. The molecule has 0 aliphatic carbocycles. The summed E-state index contributed by atoms with van der Waals surface area (Å²) in [4.78, 5) is 24.3. The van der Waals surface area contributed by atoms with Crippen LogP contribution in [0.5, 0.6) is 11.6 Å². The van der Waals surface area contributed by atoms with E-state index in [1.807, 2.05) is 57.4 Å². The number of nitrogens with zero attached hydrogens (tertiary/aromatic N) is 4. The molecule has 226 valence electrons. The summed E-state index contributed by atoms with van der Waals surface area (Å²) in [5.74, 6) is 1.33. The van der Waals surface area contributed by atoms with E-state index in [4.69, 9.17) is 19.4 Å². The van der Waals surface area contributed by atoms with Crippen LogP contribution in [-0.2, 0) is 4.74 Å². The van der Waals surface area contributed by atoms with Gasteiger partial charge in [-0.1, -0.05) is 42.0 Å². The van der Waals surface area contributed by atoms with Crippen LogP contribution in [0.2, 0.25) is 0 Å². The quantitative estimate of drug-likeness (QED) is 0.232. The normalized spacial score (nSPS) is 14.5. The maximum Gasteiger partial charge on any atom is 0.407 e. The van der Waals surface area contributed by atoms with Crippen molar-refractivity contribution in [1.29, 1.82) is 0 Å². The van der Waals surface area contributed by atoms with Crippen molar-refractivity contribution in [2.24, 2.45) is 0 Å². The summed E-state index contributed by atoms with van der Waals surface area (Å²) >= 11 is 0. The number of aromatic nitrogens is 3. The average molecular weight is 582 g/mol. The van der Waals surface area contributed by atoms with E-state index in [0.717, 1.165) is 72.0 Å². The summed E-state index contributed by atoms with van der Waals surface area (Å²) in [6, 6.07) is 20.9. The molecular formula is C35H43N5O3. The predicted molar refractivity (Wildman–Crippen MR) is 171 cm³/mol. The Morgan fingerprint density at radius 3 is 2.33 bits per heavy atom. The Bertz CT molecular complexity index is 1530. The molecule has 2 aromatic carbocycles. The monoisotopic (exact) mass is 581 g/mol. The molecule has 0 atom stereocenters. The van der Waals surface area contributed by atoms with Gasteiger partial charge in [-0.05, 0) is 83.7 Å². The molecule has 2 aromatic heterocycles. The number of nitrogens with one attached hydrogen (secondary N) is 1. The number of carbonyl (C=O) groups excluding carboxylic acids is 1. The third kappa shape index (κ3) is 8.02. The Balaban J connectivity index is 1.35. The first-order valence-corrected chi connectivity index (χ1v) is 15.1. The molecule has 8 heteroatoms. The first-order valence-electron chi connectivity index (χ1n) is 15.1. The second-order valence-corrected chi connectivity index (χ2v) is 12.5. The molecule has 1 amide bonds. The number of hydrogen-bond acceptors (Lipinski definition) is 6. The van der Waals surface area contributed by atoms with Gasteiger partial charge in [-0.15, -0.1) is 0 Å². The van der Waals surface area contributed by atoms with Gasteiger partial charge in [0.2, 0.25) is 5.88 Å². The summed E-state index contributed by atoms with van der Waals surface area (Å²) in [5.41, 5.74) is 6.82.